The maximum atomic E-state index is 12.0. The van der Waals surface area contributed by atoms with Crippen LogP contribution in [0.5, 0.6) is 5.75 Å². The van der Waals surface area contributed by atoms with Gasteiger partial charge in [-0.05, 0) is 49.7 Å². The highest BCUT2D eigenvalue weighted by atomic mass is 32.2. The Morgan fingerprint density at radius 1 is 1.35 bits per heavy atom. The van der Waals surface area contributed by atoms with Gasteiger partial charge in [0.2, 0.25) is 5.91 Å². The molecule has 0 saturated heterocycles. The Bertz CT molecular complexity index is 752. The number of methoxy groups -OCH3 is 1. The molecule has 0 aliphatic carbocycles. The lowest BCUT2D eigenvalue weighted by Crippen LogP contribution is -2.14. The van der Waals surface area contributed by atoms with Crippen LogP contribution in [0.4, 0.5) is 5.69 Å². The molecular weight excluding hydrogens is 310 g/mol. The molecule has 2 rings (SSSR count). The van der Waals surface area contributed by atoms with Gasteiger partial charge in [-0.2, -0.15) is 5.26 Å². The van der Waals surface area contributed by atoms with Crippen LogP contribution < -0.4 is 10.1 Å². The predicted molar refractivity (Wildman–Crippen MR) is 90.8 cm³/mol. The number of nitriles is 1. The molecule has 0 unspecified atom stereocenters. The van der Waals surface area contributed by atoms with E-state index in [1.165, 1.54) is 11.8 Å². The molecule has 0 fully saturated rings. The highest BCUT2D eigenvalue weighted by Crippen LogP contribution is 2.24. The Morgan fingerprint density at radius 2 is 2.04 bits per heavy atom. The fourth-order valence-electron chi connectivity index (χ4n) is 2.05. The van der Waals surface area contributed by atoms with Crippen LogP contribution in [0.1, 0.15) is 16.8 Å². The van der Waals surface area contributed by atoms with E-state index in [9.17, 15) is 10.1 Å². The molecule has 0 spiro atoms. The number of nitrogens with zero attached hydrogens (tertiary/aromatic N) is 2. The predicted octanol–water partition coefficient (Wildman–Crippen LogP) is 3.31. The molecule has 0 aliphatic rings. The molecule has 2 aromatic rings. The summed E-state index contributed by atoms with van der Waals surface area (Å²) in [6, 6.07) is 11.1. The fraction of sp³-hybridized carbons (Fsp3) is 0.235. The second kappa shape index (κ2) is 7.65. The smallest absolute Gasteiger partial charge is 0.234 e. The molecule has 118 valence electrons. The van der Waals surface area contributed by atoms with Gasteiger partial charge in [-0.25, -0.2) is 4.98 Å². The molecule has 0 bridgehead atoms. The molecule has 0 atom stereocenters. The summed E-state index contributed by atoms with van der Waals surface area (Å²) >= 11 is 1.26. The summed E-state index contributed by atoms with van der Waals surface area (Å²) in [6.07, 6.45) is 0. The average Bonchev–Trinajstić information content (AvgIpc) is 2.53. The van der Waals surface area contributed by atoms with Gasteiger partial charge in [-0.15, -0.1) is 0 Å². The number of anilines is 1. The van der Waals surface area contributed by atoms with Crippen LogP contribution in [0.2, 0.25) is 0 Å². The van der Waals surface area contributed by atoms with E-state index >= 15 is 0 Å². The molecule has 0 saturated carbocycles. The van der Waals surface area contributed by atoms with Gasteiger partial charge in [0.15, 0.2) is 0 Å². The largest absolute Gasteiger partial charge is 0.497 e. The molecule has 1 heterocycles. The summed E-state index contributed by atoms with van der Waals surface area (Å²) in [5.41, 5.74) is 2.93. The first-order valence-electron chi connectivity index (χ1n) is 6.98. The van der Waals surface area contributed by atoms with Crippen molar-refractivity contribution >= 4 is 23.4 Å². The van der Waals surface area contributed by atoms with E-state index in [1.807, 2.05) is 19.9 Å². The third-order valence-electron chi connectivity index (χ3n) is 3.14. The zero-order valence-electron chi connectivity index (χ0n) is 13.2. The van der Waals surface area contributed by atoms with E-state index < -0.39 is 0 Å². The van der Waals surface area contributed by atoms with Gasteiger partial charge in [0.1, 0.15) is 16.8 Å². The van der Waals surface area contributed by atoms with Crippen LogP contribution >= 0.6 is 11.8 Å². The highest BCUT2D eigenvalue weighted by molar-refractivity contribution is 8.00. The van der Waals surface area contributed by atoms with Crippen LogP contribution in [-0.4, -0.2) is 23.8 Å². The summed E-state index contributed by atoms with van der Waals surface area (Å²) in [4.78, 5) is 16.4. The van der Waals surface area contributed by atoms with E-state index in [0.29, 0.717) is 16.3 Å². The summed E-state index contributed by atoms with van der Waals surface area (Å²) in [5, 5.41) is 12.6. The zero-order valence-corrected chi connectivity index (χ0v) is 14.0. The maximum absolute atomic E-state index is 12.0. The standard InChI is InChI=1S/C17H17N3O2S/c1-11-8-12(2)19-17(15(11)9-18)23-10-16(21)20-13-4-6-14(22-3)7-5-13/h4-8H,10H2,1-3H3,(H,20,21). The molecule has 1 N–H and O–H groups in total. The summed E-state index contributed by atoms with van der Waals surface area (Å²) in [5.74, 6) is 0.775. The van der Waals surface area contributed by atoms with E-state index in [0.717, 1.165) is 17.0 Å². The second-order valence-corrected chi connectivity index (χ2v) is 5.90. The van der Waals surface area contributed by atoms with Crippen molar-refractivity contribution in [2.75, 3.05) is 18.2 Å². The SMILES string of the molecule is COc1ccc(NC(=O)CSc2nc(C)cc(C)c2C#N)cc1. The minimum Gasteiger partial charge on any atom is -0.497 e. The third-order valence-corrected chi connectivity index (χ3v) is 4.11. The quantitative estimate of drug-likeness (QED) is 0.853. The number of nitrogens with one attached hydrogen (secondary N) is 1. The molecule has 5 nitrogen and oxygen atoms in total. The van der Waals surface area contributed by atoms with Crippen molar-refractivity contribution in [3.8, 4) is 11.8 Å². The molecular formula is C17H17N3O2S. The number of hydrogen-bond donors (Lipinski definition) is 1. The molecule has 0 radical (unpaired) electrons. The Balaban J connectivity index is 2.00. The van der Waals surface area contributed by atoms with Crippen LogP contribution in [0, 0.1) is 25.2 Å². The summed E-state index contributed by atoms with van der Waals surface area (Å²) in [7, 11) is 1.59. The molecule has 1 amide bonds. The number of ether oxygens (including phenoxy) is 1. The van der Waals surface area contributed by atoms with Crippen molar-refractivity contribution in [3.63, 3.8) is 0 Å². The van der Waals surface area contributed by atoms with Crippen LogP contribution in [0.25, 0.3) is 0 Å². The lowest BCUT2D eigenvalue weighted by molar-refractivity contribution is -0.113. The molecule has 1 aromatic carbocycles. The Kier molecular flexibility index (Phi) is 5.61. The number of amides is 1. The first kappa shape index (κ1) is 16.8. The minimum atomic E-state index is -0.148. The first-order valence-corrected chi connectivity index (χ1v) is 7.97. The van der Waals surface area contributed by atoms with E-state index in [-0.39, 0.29) is 11.7 Å². The zero-order chi connectivity index (χ0) is 16.8. The van der Waals surface area contributed by atoms with Gasteiger partial charge >= 0.3 is 0 Å². The van der Waals surface area contributed by atoms with E-state index in [2.05, 4.69) is 16.4 Å². The lowest BCUT2D eigenvalue weighted by Gasteiger charge is -2.08. The highest BCUT2D eigenvalue weighted by Gasteiger charge is 2.11. The summed E-state index contributed by atoms with van der Waals surface area (Å²) < 4.78 is 5.07. The number of benzene rings is 1. The third kappa shape index (κ3) is 4.47. The number of thioether (sulfide) groups is 1. The molecule has 1 aromatic heterocycles. The van der Waals surface area contributed by atoms with Crippen molar-refractivity contribution in [2.24, 2.45) is 0 Å². The van der Waals surface area contributed by atoms with E-state index in [4.69, 9.17) is 4.74 Å². The van der Waals surface area contributed by atoms with Gasteiger partial charge < -0.3 is 10.1 Å². The number of pyridine rings is 1. The number of carbonyl (C=O) groups excluding carboxylic acids is 1. The second-order valence-electron chi connectivity index (χ2n) is 4.94. The first-order chi connectivity index (χ1) is 11.0. The fourth-order valence-corrected chi connectivity index (χ4v) is 2.95. The van der Waals surface area contributed by atoms with E-state index in [1.54, 1.807) is 31.4 Å². The molecule has 0 aliphatic heterocycles. The Labute approximate surface area is 139 Å². The van der Waals surface area contributed by atoms with Crippen molar-refractivity contribution in [1.82, 2.24) is 4.98 Å². The Hall–Kier alpha value is -2.52. The minimum absolute atomic E-state index is 0.148. The van der Waals surface area contributed by atoms with Crippen LogP contribution in [0.3, 0.4) is 0 Å². The van der Waals surface area contributed by atoms with Gasteiger partial charge in [-0.3, -0.25) is 4.79 Å². The van der Waals surface area contributed by atoms with Gasteiger partial charge in [-0.1, -0.05) is 11.8 Å². The van der Waals surface area contributed by atoms with Gasteiger partial charge in [0.25, 0.3) is 0 Å². The number of hydrogen-bond acceptors (Lipinski definition) is 5. The van der Waals surface area contributed by atoms with Crippen molar-refractivity contribution < 1.29 is 9.53 Å². The maximum Gasteiger partial charge on any atom is 0.234 e. The number of aryl methyl sites for hydroxylation is 2. The van der Waals surface area contributed by atoms with Crippen molar-refractivity contribution in [3.05, 3.63) is 47.2 Å². The van der Waals surface area contributed by atoms with Gasteiger partial charge in [0, 0.05) is 11.4 Å². The number of aromatic nitrogens is 1. The summed E-state index contributed by atoms with van der Waals surface area (Å²) in [6.45, 7) is 3.74. The topological polar surface area (TPSA) is 75.0 Å². The van der Waals surface area contributed by atoms with Gasteiger partial charge in [0.05, 0.1) is 18.4 Å². The number of carbonyl (C=O) groups is 1. The van der Waals surface area contributed by atoms with Crippen molar-refractivity contribution in [1.29, 1.82) is 5.26 Å². The van der Waals surface area contributed by atoms with Crippen LogP contribution in [-0.2, 0) is 4.79 Å². The Morgan fingerprint density at radius 3 is 2.65 bits per heavy atom. The average molecular weight is 327 g/mol. The molecule has 23 heavy (non-hydrogen) atoms. The molecule has 6 heteroatoms. The lowest BCUT2D eigenvalue weighted by atomic mass is 10.1. The van der Waals surface area contributed by atoms with Crippen LogP contribution in [0.15, 0.2) is 35.4 Å². The monoisotopic (exact) mass is 327 g/mol. The van der Waals surface area contributed by atoms with Crippen molar-refractivity contribution in [2.45, 2.75) is 18.9 Å². The normalized spacial score (nSPS) is 10.0. The number of rotatable bonds is 5.